The average Bonchev–Trinajstić information content (AvgIpc) is 2.96. The van der Waals surface area contributed by atoms with Crippen LogP contribution in [0.15, 0.2) is 72.8 Å². The smallest absolute Gasteiger partial charge is 0.237 e. The number of rotatable bonds is 5. The van der Waals surface area contributed by atoms with E-state index >= 15 is 0 Å². The van der Waals surface area contributed by atoms with E-state index in [2.05, 4.69) is 18.2 Å². The van der Waals surface area contributed by atoms with Crippen LogP contribution in [0.5, 0.6) is 11.5 Å². The van der Waals surface area contributed by atoms with E-state index < -0.39 is 0 Å². The molecule has 0 saturated carbocycles. The molecule has 0 unspecified atom stereocenters. The normalized spacial score (nSPS) is 16.3. The molecule has 29 heavy (non-hydrogen) atoms. The van der Waals surface area contributed by atoms with Gasteiger partial charge in [0.15, 0.2) is 0 Å². The number of para-hydroxylation sites is 1. The molecule has 0 radical (unpaired) electrons. The SMILES string of the molecule is Cc1cc(C)cc(C[C@@H]2CC(=O)N(c3ccc(Oc4ccccc4)cc3)C2=O)c1. The van der Waals surface area contributed by atoms with E-state index in [1.165, 1.54) is 16.0 Å². The minimum absolute atomic E-state index is 0.133. The molecule has 146 valence electrons. The van der Waals surface area contributed by atoms with Gasteiger partial charge in [-0.2, -0.15) is 0 Å². The predicted octanol–water partition coefficient (Wildman–Crippen LogP) is 5.22. The number of benzene rings is 3. The molecule has 0 aromatic heterocycles. The molecule has 4 nitrogen and oxygen atoms in total. The van der Waals surface area contributed by atoms with Crippen LogP contribution in [0.1, 0.15) is 23.1 Å². The Labute approximate surface area is 170 Å². The van der Waals surface area contributed by atoms with Gasteiger partial charge in [-0.05, 0) is 62.2 Å². The summed E-state index contributed by atoms with van der Waals surface area (Å²) in [7, 11) is 0. The molecule has 1 aliphatic rings. The lowest BCUT2D eigenvalue weighted by molar-refractivity contribution is -0.122. The predicted molar refractivity (Wildman–Crippen MR) is 113 cm³/mol. The molecule has 1 heterocycles. The number of carbonyl (C=O) groups is 2. The van der Waals surface area contributed by atoms with Gasteiger partial charge in [0.25, 0.3) is 0 Å². The second kappa shape index (κ2) is 7.92. The molecular formula is C25H23NO3. The van der Waals surface area contributed by atoms with Crippen LogP contribution in [-0.4, -0.2) is 11.8 Å². The molecule has 1 atom stereocenters. The largest absolute Gasteiger partial charge is 0.457 e. The zero-order valence-corrected chi connectivity index (χ0v) is 16.6. The Bertz CT molecular complexity index is 1020. The number of anilines is 1. The number of hydrogen-bond donors (Lipinski definition) is 0. The Balaban J connectivity index is 1.48. The molecule has 0 aliphatic carbocycles. The van der Waals surface area contributed by atoms with E-state index in [0.717, 1.165) is 11.3 Å². The number of hydrogen-bond acceptors (Lipinski definition) is 3. The third kappa shape index (κ3) is 4.21. The van der Waals surface area contributed by atoms with E-state index in [-0.39, 0.29) is 24.2 Å². The lowest BCUT2D eigenvalue weighted by atomic mass is 9.95. The zero-order chi connectivity index (χ0) is 20.4. The maximum Gasteiger partial charge on any atom is 0.237 e. The average molecular weight is 385 g/mol. The molecule has 1 fully saturated rings. The lowest BCUT2D eigenvalue weighted by Crippen LogP contribution is -2.30. The van der Waals surface area contributed by atoms with Crippen LogP contribution in [0.2, 0.25) is 0 Å². The van der Waals surface area contributed by atoms with Crippen LogP contribution in [-0.2, 0) is 16.0 Å². The minimum atomic E-state index is -0.316. The van der Waals surface area contributed by atoms with Crippen molar-refractivity contribution < 1.29 is 14.3 Å². The maximum absolute atomic E-state index is 12.9. The summed E-state index contributed by atoms with van der Waals surface area (Å²) >= 11 is 0. The van der Waals surface area contributed by atoms with Crippen molar-refractivity contribution in [1.29, 1.82) is 0 Å². The minimum Gasteiger partial charge on any atom is -0.457 e. The number of ether oxygens (including phenoxy) is 1. The first kappa shape index (κ1) is 18.9. The van der Waals surface area contributed by atoms with Crippen molar-refractivity contribution >= 4 is 17.5 Å². The number of carbonyl (C=O) groups excluding carboxylic acids is 2. The third-order valence-corrected chi connectivity index (χ3v) is 5.08. The van der Waals surface area contributed by atoms with Crippen LogP contribution in [0.4, 0.5) is 5.69 Å². The first-order valence-electron chi connectivity index (χ1n) is 9.76. The Morgan fingerprint density at radius 3 is 2.14 bits per heavy atom. The van der Waals surface area contributed by atoms with Crippen LogP contribution >= 0.6 is 0 Å². The Kier molecular flexibility index (Phi) is 5.17. The molecule has 1 saturated heterocycles. The van der Waals surface area contributed by atoms with Gasteiger partial charge in [0.2, 0.25) is 11.8 Å². The molecule has 1 aliphatic heterocycles. The van der Waals surface area contributed by atoms with Crippen LogP contribution in [0, 0.1) is 19.8 Å². The monoisotopic (exact) mass is 385 g/mol. The highest BCUT2D eigenvalue weighted by Crippen LogP contribution is 2.31. The zero-order valence-electron chi connectivity index (χ0n) is 16.6. The Hall–Kier alpha value is -3.40. The van der Waals surface area contributed by atoms with Gasteiger partial charge in [-0.25, -0.2) is 0 Å². The highest BCUT2D eigenvalue weighted by molar-refractivity contribution is 6.21. The lowest BCUT2D eigenvalue weighted by Gasteiger charge is -2.16. The highest BCUT2D eigenvalue weighted by Gasteiger charge is 2.39. The molecule has 4 rings (SSSR count). The highest BCUT2D eigenvalue weighted by atomic mass is 16.5. The molecular weight excluding hydrogens is 362 g/mol. The summed E-state index contributed by atoms with van der Waals surface area (Å²) in [6.07, 6.45) is 0.826. The summed E-state index contributed by atoms with van der Waals surface area (Å²) in [5.74, 6) is 0.795. The van der Waals surface area contributed by atoms with Crippen molar-refractivity contribution in [3.63, 3.8) is 0 Å². The van der Waals surface area contributed by atoms with Crippen molar-refractivity contribution in [3.8, 4) is 11.5 Å². The summed E-state index contributed by atoms with van der Waals surface area (Å²) < 4.78 is 5.78. The van der Waals surface area contributed by atoms with Gasteiger partial charge in [0.05, 0.1) is 11.6 Å². The van der Waals surface area contributed by atoms with Gasteiger partial charge >= 0.3 is 0 Å². The van der Waals surface area contributed by atoms with Crippen molar-refractivity contribution in [3.05, 3.63) is 89.5 Å². The summed E-state index contributed by atoms with van der Waals surface area (Å²) in [5, 5.41) is 0. The van der Waals surface area contributed by atoms with E-state index in [9.17, 15) is 9.59 Å². The number of aryl methyl sites for hydroxylation is 2. The van der Waals surface area contributed by atoms with E-state index in [0.29, 0.717) is 17.9 Å². The fourth-order valence-corrected chi connectivity index (χ4v) is 3.88. The first-order valence-corrected chi connectivity index (χ1v) is 9.76. The molecule has 0 bridgehead atoms. The summed E-state index contributed by atoms with van der Waals surface area (Å²) in [6.45, 7) is 4.09. The maximum atomic E-state index is 12.9. The van der Waals surface area contributed by atoms with Crippen molar-refractivity contribution in [2.75, 3.05) is 4.90 Å². The molecule has 0 N–H and O–H groups in total. The van der Waals surface area contributed by atoms with Crippen molar-refractivity contribution in [2.24, 2.45) is 5.92 Å². The van der Waals surface area contributed by atoms with Gasteiger partial charge in [-0.3, -0.25) is 14.5 Å². The van der Waals surface area contributed by atoms with Gasteiger partial charge in [-0.15, -0.1) is 0 Å². The Morgan fingerprint density at radius 1 is 0.862 bits per heavy atom. The van der Waals surface area contributed by atoms with Crippen LogP contribution in [0.3, 0.4) is 0 Å². The van der Waals surface area contributed by atoms with Crippen molar-refractivity contribution in [2.45, 2.75) is 26.7 Å². The van der Waals surface area contributed by atoms with Gasteiger partial charge in [0, 0.05) is 6.42 Å². The topological polar surface area (TPSA) is 46.6 Å². The number of amides is 2. The van der Waals surface area contributed by atoms with Gasteiger partial charge in [0.1, 0.15) is 11.5 Å². The molecule has 3 aromatic carbocycles. The Morgan fingerprint density at radius 2 is 1.48 bits per heavy atom. The van der Waals surface area contributed by atoms with Crippen LogP contribution < -0.4 is 9.64 Å². The standard InChI is InChI=1S/C25H23NO3/c1-17-12-18(2)14-19(13-17)15-20-16-24(27)26(25(20)28)21-8-10-23(11-9-21)29-22-6-4-3-5-7-22/h3-14,20H,15-16H2,1-2H3/t20-/m1/s1. The van der Waals surface area contributed by atoms with Gasteiger partial charge in [-0.1, -0.05) is 47.5 Å². The fourth-order valence-electron chi connectivity index (χ4n) is 3.88. The molecule has 0 spiro atoms. The molecule has 2 amide bonds. The number of nitrogens with zero attached hydrogens (tertiary/aromatic N) is 1. The van der Waals surface area contributed by atoms with E-state index in [4.69, 9.17) is 4.74 Å². The van der Waals surface area contributed by atoms with E-state index in [1.54, 1.807) is 24.3 Å². The summed E-state index contributed by atoms with van der Waals surface area (Å²) in [4.78, 5) is 26.8. The quantitative estimate of drug-likeness (QED) is 0.566. The molecule has 4 heteroatoms. The fraction of sp³-hybridized carbons (Fsp3) is 0.200. The second-order valence-electron chi connectivity index (χ2n) is 7.58. The summed E-state index contributed by atoms with van der Waals surface area (Å²) in [6, 6.07) is 22.8. The first-order chi connectivity index (χ1) is 14.0. The molecule has 3 aromatic rings. The van der Waals surface area contributed by atoms with Gasteiger partial charge < -0.3 is 4.74 Å². The summed E-state index contributed by atoms with van der Waals surface area (Å²) in [5.41, 5.74) is 4.02. The third-order valence-electron chi connectivity index (χ3n) is 5.08. The van der Waals surface area contributed by atoms with E-state index in [1.807, 2.05) is 44.2 Å². The second-order valence-corrected chi connectivity index (χ2v) is 7.58. The van der Waals surface area contributed by atoms with Crippen LogP contribution in [0.25, 0.3) is 0 Å². The number of imide groups is 1. The van der Waals surface area contributed by atoms with Crippen molar-refractivity contribution in [1.82, 2.24) is 0 Å².